The van der Waals surface area contributed by atoms with Crippen molar-refractivity contribution in [1.82, 2.24) is 9.88 Å². The van der Waals surface area contributed by atoms with Crippen molar-refractivity contribution < 1.29 is 28.9 Å². The van der Waals surface area contributed by atoms with Gasteiger partial charge in [0.05, 0.1) is 25.8 Å². The highest BCUT2D eigenvalue weighted by Crippen LogP contribution is 2.22. The third-order valence-electron chi connectivity index (χ3n) is 6.06. The average molecular weight is 491 g/mol. The van der Waals surface area contributed by atoms with Crippen molar-refractivity contribution in [3.05, 3.63) is 84.2 Å². The number of carbonyl (C=O) groups excluding carboxylic acids is 1. The molecule has 0 spiro atoms. The molecule has 36 heavy (non-hydrogen) atoms. The largest absolute Gasteiger partial charge is 0.493 e. The van der Waals surface area contributed by atoms with Gasteiger partial charge in [-0.05, 0) is 66.3 Å². The van der Waals surface area contributed by atoms with Crippen molar-refractivity contribution in [2.75, 3.05) is 26.3 Å². The van der Waals surface area contributed by atoms with Crippen molar-refractivity contribution in [1.29, 1.82) is 0 Å². The van der Waals surface area contributed by atoms with Gasteiger partial charge in [0.1, 0.15) is 17.2 Å². The molecule has 0 radical (unpaired) electrons. The maximum atomic E-state index is 12.6. The summed E-state index contributed by atoms with van der Waals surface area (Å²) in [6.45, 7) is 2.34. The predicted molar refractivity (Wildman–Crippen MR) is 133 cm³/mol. The summed E-state index contributed by atoms with van der Waals surface area (Å²) in [7, 11) is 0. The number of pyridine rings is 1. The predicted octanol–water partition coefficient (Wildman–Crippen LogP) is 4.62. The summed E-state index contributed by atoms with van der Waals surface area (Å²) in [5.41, 5.74) is 1.84. The Balaban J connectivity index is 1.14. The minimum Gasteiger partial charge on any atom is -0.493 e. The summed E-state index contributed by atoms with van der Waals surface area (Å²) < 4.78 is 17.1. The van der Waals surface area contributed by atoms with Crippen LogP contribution in [0.3, 0.4) is 0 Å². The van der Waals surface area contributed by atoms with E-state index in [2.05, 4.69) is 4.98 Å². The number of carboxylic acids is 1. The van der Waals surface area contributed by atoms with Gasteiger partial charge < -0.3 is 24.2 Å². The van der Waals surface area contributed by atoms with Gasteiger partial charge in [-0.1, -0.05) is 24.3 Å². The Kier molecular flexibility index (Phi) is 8.75. The van der Waals surface area contributed by atoms with E-state index in [1.54, 1.807) is 53.7 Å². The van der Waals surface area contributed by atoms with E-state index in [0.29, 0.717) is 38.0 Å². The summed E-state index contributed by atoms with van der Waals surface area (Å²) in [6.07, 6.45) is 5.47. The van der Waals surface area contributed by atoms with Gasteiger partial charge in [0, 0.05) is 25.7 Å². The fourth-order valence-electron chi connectivity index (χ4n) is 3.98. The number of ether oxygens (including phenoxy) is 3. The molecule has 0 atom stereocenters. The lowest BCUT2D eigenvalue weighted by molar-refractivity contribution is -0.136. The molecule has 1 amide bonds. The van der Waals surface area contributed by atoms with Gasteiger partial charge in [-0.2, -0.15) is 0 Å². The minimum atomic E-state index is -0.853. The zero-order valence-electron chi connectivity index (χ0n) is 20.0. The number of piperidine rings is 1. The lowest BCUT2D eigenvalue weighted by Crippen LogP contribution is -2.41. The normalized spacial score (nSPS) is 13.7. The van der Waals surface area contributed by atoms with Crippen molar-refractivity contribution in [3.63, 3.8) is 0 Å². The Morgan fingerprint density at radius 1 is 0.889 bits per heavy atom. The van der Waals surface area contributed by atoms with E-state index in [4.69, 9.17) is 19.3 Å². The van der Waals surface area contributed by atoms with Gasteiger partial charge in [-0.25, -0.2) is 4.79 Å². The lowest BCUT2D eigenvalue weighted by Gasteiger charge is -2.31. The second-order valence-electron chi connectivity index (χ2n) is 8.76. The van der Waals surface area contributed by atoms with Gasteiger partial charge >= 0.3 is 12.1 Å². The summed E-state index contributed by atoms with van der Waals surface area (Å²) in [5, 5.41) is 8.85. The number of carbonyl (C=O) groups is 2. The molecule has 1 aliphatic rings. The van der Waals surface area contributed by atoms with Crippen LogP contribution in [0.5, 0.6) is 17.2 Å². The van der Waals surface area contributed by atoms with E-state index in [-0.39, 0.29) is 12.5 Å². The first-order chi connectivity index (χ1) is 17.5. The second kappa shape index (κ2) is 12.6. The molecule has 1 N–H and O–H groups in total. The van der Waals surface area contributed by atoms with E-state index < -0.39 is 5.97 Å². The molecule has 4 rings (SSSR count). The SMILES string of the molecule is O=C(O)Cc1ccc(OCC2CCN(C(=O)Oc3ccc(CCOc4cccnc4)cc3)CC2)cc1. The first kappa shape index (κ1) is 25.0. The average Bonchev–Trinajstić information content (AvgIpc) is 2.90. The van der Waals surface area contributed by atoms with Gasteiger partial charge in [-0.3, -0.25) is 9.78 Å². The molecule has 1 fully saturated rings. The standard InChI is InChI=1S/C28H30N2O6/c31-27(32)18-22-5-7-24(8-6-22)35-20-23-11-15-30(16-12-23)28(33)36-25-9-3-21(4-10-25)13-17-34-26-2-1-14-29-19-26/h1-10,14,19,23H,11-13,15-18,20H2,(H,31,32). The first-order valence-electron chi connectivity index (χ1n) is 12.1. The van der Waals surface area contributed by atoms with Crippen molar-refractivity contribution in [2.24, 2.45) is 5.92 Å². The Morgan fingerprint density at radius 2 is 1.58 bits per heavy atom. The molecule has 0 unspecified atom stereocenters. The molecule has 8 heteroatoms. The smallest absolute Gasteiger partial charge is 0.415 e. The lowest BCUT2D eigenvalue weighted by atomic mass is 9.98. The Morgan fingerprint density at radius 3 is 2.25 bits per heavy atom. The highest BCUT2D eigenvalue weighted by molar-refractivity contribution is 5.71. The number of carboxylic acid groups (broad SMARTS) is 1. The number of benzene rings is 2. The molecular formula is C28H30N2O6. The van der Waals surface area contributed by atoms with E-state index in [9.17, 15) is 9.59 Å². The Labute approximate surface area is 210 Å². The van der Waals surface area contributed by atoms with Gasteiger partial charge in [0.25, 0.3) is 0 Å². The van der Waals surface area contributed by atoms with Crippen LogP contribution in [-0.2, 0) is 17.6 Å². The zero-order valence-corrected chi connectivity index (χ0v) is 20.0. The van der Waals surface area contributed by atoms with Crippen LogP contribution in [0.15, 0.2) is 73.1 Å². The number of hydrogen-bond acceptors (Lipinski definition) is 6. The molecule has 2 aromatic carbocycles. The van der Waals surface area contributed by atoms with Crippen LogP contribution in [0.2, 0.25) is 0 Å². The first-order valence-corrected chi connectivity index (χ1v) is 12.1. The number of amides is 1. The van der Waals surface area contributed by atoms with Crippen molar-refractivity contribution in [2.45, 2.75) is 25.7 Å². The number of aliphatic carboxylic acids is 1. The van der Waals surface area contributed by atoms with Gasteiger partial charge in [-0.15, -0.1) is 0 Å². The van der Waals surface area contributed by atoms with E-state index in [1.165, 1.54) is 0 Å². The quantitative estimate of drug-likeness (QED) is 0.443. The number of likely N-dealkylation sites (tertiary alicyclic amines) is 1. The van der Waals surface area contributed by atoms with Gasteiger partial charge in [0.15, 0.2) is 0 Å². The Bertz CT molecular complexity index is 1110. The zero-order chi connectivity index (χ0) is 25.2. The van der Waals surface area contributed by atoms with Crippen LogP contribution < -0.4 is 14.2 Å². The fourth-order valence-corrected chi connectivity index (χ4v) is 3.98. The number of hydrogen-bond donors (Lipinski definition) is 1. The molecule has 0 aliphatic carbocycles. The van der Waals surface area contributed by atoms with Crippen LogP contribution in [-0.4, -0.2) is 53.4 Å². The molecule has 0 bridgehead atoms. The molecule has 0 saturated carbocycles. The molecule has 8 nitrogen and oxygen atoms in total. The van der Waals surface area contributed by atoms with Crippen molar-refractivity contribution in [3.8, 4) is 17.2 Å². The second-order valence-corrected chi connectivity index (χ2v) is 8.76. The van der Waals surface area contributed by atoms with E-state index in [1.807, 2.05) is 24.3 Å². The molecular weight excluding hydrogens is 460 g/mol. The molecule has 2 heterocycles. The third-order valence-corrected chi connectivity index (χ3v) is 6.06. The summed E-state index contributed by atoms with van der Waals surface area (Å²) in [4.78, 5) is 29.1. The molecule has 188 valence electrons. The van der Waals surface area contributed by atoms with Crippen molar-refractivity contribution >= 4 is 12.1 Å². The molecule has 1 aliphatic heterocycles. The number of aromatic nitrogens is 1. The third kappa shape index (κ3) is 7.73. The van der Waals surface area contributed by atoms with Gasteiger partial charge in [0.2, 0.25) is 0 Å². The van der Waals surface area contributed by atoms with Crippen LogP contribution in [0.4, 0.5) is 4.79 Å². The minimum absolute atomic E-state index is 0.000787. The molecule has 1 aromatic heterocycles. The fraction of sp³-hybridized carbons (Fsp3) is 0.321. The Hall–Kier alpha value is -4.07. The van der Waals surface area contributed by atoms with E-state index in [0.717, 1.165) is 41.9 Å². The van der Waals surface area contributed by atoms with E-state index >= 15 is 0 Å². The number of nitrogens with zero attached hydrogens (tertiary/aromatic N) is 2. The summed E-state index contributed by atoms with van der Waals surface area (Å²) >= 11 is 0. The maximum absolute atomic E-state index is 12.6. The highest BCUT2D eigenvalue weighted by atomic mass is 16.6. The summed E-state index contributed by atoms with van der Waals surface area (Å²) in [6, 6.07) is 18.3. The van der Waals surface area contributed by atoms with Crippen LogP contribution in [0.25, 0.3) is 0 Å². The monoisotopic (exact) mass is 490 g/mol. The topological polar surface area (TPSA) is 98.2 Å². The molecule has 1 saturated heterocycles. The molecule has 3 aromatic rings. The van der Waals surface area contributed by atoms with Crippen LogP contribution in [0, 0.1) is 5.92 Å². The van der Waals surface area contributed by atoms with Crippen LogP contribution >= 0.6 is 0 Å². The van der Waals surface area contributed by atoms with Crippen LogP contribution in [0.1, 0.15) is 24.0 Å². The summed E-state index contributed by atoms with van der Waals surface area (Å²) in [5.74, 6) is 1.48. The maximum Gasteiger partial charge on any atom is 0.415 e. The highest BCUT2D eigenvalue weighted by Gasteiger charge is 2.24. The number of rotatable bonds is 10.